The molecule has 0 saturated carbocycles. The van der Waals surface area contributed by atoms with Crippen LogP contribution in [0.1, 0.15) is 67.0 Å². The Bertz CT molecular complexity index is 706. The zero-order valence-corrected chi connectivity index (χ0v) is 18.2. The van der Waals surface area contributed by atoms with E-state index in [2.05, 4.69) is 53.7 Å². The molecule has 0 aliphatic rings. The predicted octanol–water partition coefficient (Wildman–Crippen LogP) is 7.22. The third kappa shape index (κ3) is 5.40. The number of aryl methyl sites for hydroxylation is 3. The van der Waals surface area contributed by atoms with Gasteiger partial charge in [0.2, 0.25) is 0 Å². The van der Waals surface area contributed by atoms with Gasteiger partial charge >= 0.3 is 0 Å². The zero-order chi connectivity index (χ0) is 19.3. The van der Waals surface area contributed by atoms with Crippen LogP contribution in [0.4, 0.5) is 4.39 Å². The van der Waals surface area contributed by atoms with Crippen molar-refractivity contribution in [2.75, 3.05) is 18.5 Å². The first kappa shape index (κ1) is 21.1. The minimum atomic E-state index is -0.0871. The Morgan fingerprint density at radius 1 is 0.923 bits per heavy atom. The molecule has 0 aliphatic heterocycles. The van der Waals surface area contributed by atoms with Crippen LogP contribution in [-0.4, -0.2) is 18.5 Å². The highest BCUT2D eigenvalue weighted by atomic mass is 31.1. The van der Waals surface area contributed by atoms with Crippen molar-refractivity contribution in [3.05, 3.63) is 69.5 Å². The van der Waals surface area contributed by atoms with E-state index in [0.717, 1.165) is 12.0 Å². The lowest BCUT2D eigenvalue weighted by atomic mass is 9.91. The van der Waals surface area contributed by atoms with Crippen molar-refractivity contribution in [2.45, 2.75) is 60.3 Å². The topological polar surface area (TPSA) is 0 Å². The Kier molecular flexibility index (Phi) is 7.84. The lowest BCUT2D eigenvalue weighted by Gasteiger charge is -2.16. The molecular weight excluding hydrogens is 338 g/mol. The van der Waals surface area contributed by atoms with Crippen LogP contribution in [0.15, 0.2) is 30.3 Å². The molecule has 0 atom stereocenters. The smallest absolute Gasteiger partial charge is 0.126 e. The third-order valence-corrected chi connectivity index (χ3v) is 8.08. The molecule has 0 aromatic heterocycles. The molecule has 0 saturated heterocycles. The molecule has 2 rings (SSSR count). The fourth-order valence-electron chi connectivity index (χ4n) is 3.68. The van der Waals surface area contributed by atoms with Gasteiger partial charge in [-0.15, -0.1) is 7.92 Å². The minimum Gasteiger partial charge on any atom is -0.207 e. The monoisotopic (exact) mass is 372 g/mol. The Labute approximate surface area is 161 Å². The molecule has 2 heteroatoms. The van der Waals surface area contributed by atoms with E-state index in [1.807, 2.05) is 12.1 Å². The standard InChI is InChI=1S/C24H34FP/c1-7-26(8-2)12-11-21-13-18(5)23(19(6)14-21)16-20-9-10-24(25)22(15-20)17(3)4/h9-10,13-15,17H,7-8,11-12,16H2,1-6H3. The fraction of sp³-hybridized carbons (Fsp3) is 0.500. The van der Waals surface area contributed by atoms with Gasteiger partial charge in [-0.2, -0.15) is 0 Å². The highest BCUT2D eigenvalue weighted by molar-refractivity contribution is 7.57. The van der Waals surface area contributed by atoms with Crippen LogP contribution < -0.4 is 0 Å². The van der Waals surface area contributed by atoms with Crippen LogP contribution in [0.2, 0.25) is 0 Å². The molecule has 0 nitrogen and oxygen atoms in total. The van der Waals surface area contributed by atoms with Gasteiger partial charge in [-0.05, 0) is 90.5 Å². The second kappa shape index (κ2) is 9.65. The number of rotatable bonds is 8. The first-order valence-corrected chi connectivity index (χ1v) is 11.8. The molecule has 0 spiro atoms. The average molecular weight is 373 g/mol. The van der Waals surface area contributed by atoms with Gasteiger partial charge in [0.15, 0.2) is 0 Å². The molecule has 26 heavy (non-hydrogen) atoms. The number of hydrogen-bond acceptors (Lipinski definition) is 0. The van der Waals surface area contributed by atoms with Crippen LogP contribution in [0.25, 0.3) is 0 Å². The summed E-state index contributed by atoms with van der Waals surface area (Å²) >= 11 is 0. The summed E-state index contributed by atoms with van der Waals surface area (Å²) in [5.74, 6) is 0.127. The van der Waals surface area contributed by atoms with E-state index in [9.17, 15) is 4.39 Å². The summed E-state index contributed by atoms with van der Waals surface area (Å²) in [4.78, 5) is 0. The van der Waals surface area contributed by atoms with Crippen LogP contribution in [-0.2, 0) is 12.8 Å². The van der Waals surface area contributed by atoms with Crippen molar-refractivity contribution in [3.8, 4) is 0 Å². The summed E-state index contributed by atoms with van der Waals surface area (Å²) in [6.07, 6.45) is 6.10. The molecule has 0 fully saturated rings. The van der Waals surface area contributed by atoms with Crippen LogP contribution >= 0.6 is 7.92 Å². The van der Waals surface area contributed by atoms with E-state index >= 15 is 0 Å². The van der Waals surface area contributed by atoms with Gasteiger partial charge < -0.3 is 0 Å². The van der Waals surface area contributed by atoms with E-state index in [1.165, 1.54) is 52.7 Å². The molecule has 0 bridgehead atoms. The van der Waals surface area contributed by atoms with Gasteiger partial charge in [0.25, 0.3) is 0 Å². The quantitative estimate of drug-likeness (QED) is 0.429. The predicted molar refractivity (Wildman–Crippen MR) is 116 cm³/mol. The van der Waals surface area contributed by atoms with Crippen LogP contribution in [0.3, 0.4) is 0 Å². The van der Waals surface area contributed by atoms with Crippen LogP contribution in [0, 0.1) is 19.7 Å². The van der Waals surface area contributed by atoms with Crippen molar-refractivity contribution < 1.29 is 4.39 Å². The first-order chi connectivity index (χ1) is 12.3. The van der Waals surface area contributed by atoms with E-state index in [1.54, 1.807) is 6.07 Å². The normalized spacial score (nSPS) is 11.6. The Hall–Kier alpha value is -1.20. The van der Waals surface area contributed by atoms with Gasteiger partial charge in [-0.3, -0.25) is 0 Å². The summed E-state index contributed by atoms with van der Waals surface area (Å²) in [5, 5.41) is 0. The summed E-state index contributed by atoms with van der Waals surface area (Å²) in [6.45, 7) is 13.2. The summed E-state index contributed by atoms with van der Waals surface area (Å²) in [7, 11) is 0.205. The molecule has 0 heterocycles. The summed E-state index contributed by atoms with van der Waals surface area (Å²) in [6, 6.07) is 10.3. The summed E-state index contributed by atoms with van der Waals surface area (Å²) in [5.41, 5.74) is 7.63. The third-order valence-electron chi connectivity index (χ3n) is 5.43. The van der Waals surface area contributed by atoms with E-state index in [4.69, 9.17) is 0 Å². The molecule has 0 unspecified atom stereocenters. The second-order valence-electron chi connectivity index (χ2n) is 7.67. The largest absolute Gasteiger partial charge is 0.207 e. The lowest BCUT2D eigenvalue weighted by Crippen LogP contribution is -2.02. The fourth-order valence-corrected chi connectivity index (χ4v) is 5.34. The molecule has 142 valence electrons. The maximum Gasteiger partial charge on any atom is 0.126 e. The van der Waals surface area contributed by atoms with Gasteiger partial charge in [0.1, 0.15) is 5.82 Å². The van der Waals surface area contributed by atoms with Crippen molar-refractivity contribution in [3.63, 3.8) is 0 Å². The summed E-state index contributed by atoms with van der Waals surface area (Å²) < 4.78 is 14.0. The molecule has 0 radical (unpaired) electrons. The van der Waals surface area contributed by atoms with E-state index in [-0.39, 0.29) is 19.7 Å². The molecular formula is C24H34FP. The minimum absolute atomic E-state index is 0.0871. The molecule has 0 amide bonds. The van der Waals surface area contributed by atoms with Crippen molar-refractivity contribution >= 4 is 7.92 Å². The van der Waals surface area contributed by atoms with E-state index in [0.29, 0.717) is 0 Å². The first-order valence-electron chi connectivity index (χ1n) is 9.95. The SMILES string of the molecule is CCP(CC)CCc1cc(C)c(Cc2ccc(F)c(C(C)C)c2)c(C)c1. The van der Waals surface area contributed by atoms with Gasteiger partial charge in [0, 0.05) is 0 Å². The van der Waals surface area contributed by atoms with Crippen molar-refractivity contribution in [1.82, 2.24) is 0 Å². The zero-order valence-electron chi connectivity index (χ0n) is 17.3. The maximum absolute atomic E-state index is 14.0. The van der Waals surface area contributed by atoms with Crippen LogP contribution in [0.5, 0.6) is 0 Å². The Morgan fingerprint density at radius 2 is 1.54 bits per heavy atom. The maximum atomic E-state index is 14.0. The second-order valence-corrected chi connectivity index (χ2v) is 10.7. The average Bonchev–Trinajstić information content (AvgIpc) is 2.60. The highest BCUT2D eigenvalue weighted by Crippen LogP contribution is 2.35. The van der Waals surface area contributed by atoms with Gasteiger partial charge in [-0.25, -0.2) is 4.39 Å². The van der Waals surface area contributed by atoms with Crippen molar-refractivity contribution in [1.29, 1.82) is 0 Å². The number of hydrogen-bond donors (Lipinski definition) is 0. The molecule has 0 N–H and O–H groups in total. The molecule has 0 aliphatic carbocycles. The Balaban J connectivity index is 2.19. The van der Waals surface area contributed by atoms with Gasteiger partial charge in [0.05, 0.1) is 0 Å². The lowest BCUT2D eigenvalue weighted by molar-refractivity contribution is 0.597. The molecule has 2 aromatic rings. The molecule has 2 aromatic carbocycles. The van der Waals surface area contributed by atoms with Crippen molar-refractivity contribution in [2.24, 2.45) is 0 Å². The number of benzene rings is 2. The number of halogens is 1. The Morgan fingerprint density at radius 3 is 2.08 bits per heavy atom. The van der Waals surface area contributed by atoms with Gasteiger partial charge in [-0.1, -0.05) is 52.0 Å². The van der Waals surface area contributed by atoms with E-state index < -0.39 is 0 Å². The highest BCUT2D eigenvalue weighted by Gasteiger charge is 2.11.